The van der Waals surface area contributed by atoms with Crippen LogP contribution in [0.5, 0.6) is 5.75 Å². The van der Waals surface area contributed by atoms with Gasteiger partial charge in [0.15, 0.2) is 6.04 Å². The second-order valence-electron chi connectivity index (χ2n) is 8.08. The SMILES string of the molecule is COc1ccc(C)cc1C[NH+]1CC[NH+]([C@@H](C)c2nnc(-c3cccc(Cl)c3)o2)CC1. The predicted molar refractivity (Wildman–Crippen MR) is 116 cm³/mol. The average Bonchev–Trinajstić information content (AvgIpc) is 3.24. The Bertz CT molecular complexity index is 998. The average molecular weight is 429 g/mol. The van der Waals surface area contributed by atoms with Gasteiger partial charge in [-0.3, -0.25) is 0 Å². The van der Waals surface area contributed by atoms with Gasteiger partial charge in [0.2, 0.25) is 5.89 Å². The summed E-state index contributed by atoms with van der Waals surface area (Å²) >= 11 is 6.08. The van der Waals surface area contributed by atoms with E-state index >= 15 is 0 Å². The molecule has 1 aromatic heterocycles. The number of rotatable bonds is 6. The molecule has 2 N–H and O–H groups in total. The molecule has 1 fully saturated rings. The minimum absolute atomic E-state index is 0.167. The van der Waals surface area contributed by atoms with E-state index in [1.165, 1.54) is 16.0 Å². The summed E-state index contributed by atoms with van der Waals surface area (Å²) in [6.07, 6.45) is 0. The molecule has 0 spiro atoms. The summed E-state index contributed by atoms with van der Waals surface area (Å²) in [4.78, 5) is 3.07. The molecule has 1 aliphatic rings. The maximum atomic E-state index is 6.08. The normalized spacial score (nSPS) is 20.1. The topological polar surface area (TPSA) is 57.0 Å². The summed E-state index contributed by atoms with van der Waals surface area (Å²) in [5, 5.41) is 9.21. The highest BCUT2D eigenvalue weighted by molar-refractivity contribution is 6.30. The minimum Gasteiger partial charge on any atom is -0.496 e. The van der Waals surface area contributed by atoms with Gasteiger partial charge >= 0.3 is 0 Å². The molecule has 4 rings (SSSR count). The molecular formula is C23H29ClN4O2+2. The van der Waals surface area contributed by atoms with Crippen molar-refractivity contribution in [2.75, 3.05) is 33.3 Å². The van der Waals surface area contributed by atoms with E-state index < -0.39 is 0 Å². The van der Waals surface area contributed by atoms with Gasteiger partial charge in [-0.1, -0.05) is 29.3 Å². The summed E-state index contributed by atoms with van der Waals surface area (Å²) in [5.41, 5.74) is 3.41. The van der Waals surface area contributed by atoms with Crippen molar-refractivity contribution >= 4 is 11.6 Å². The van der Waals surface area contributed by atoms with Crippen LogP contribution in [-0.2, 0) is 6.54 Å². The molecule has 0 saturated carbocycles. The maximum Gasteiger partial charge on any atom is 0.274 e. The van der Waals surface area contributed by atoms with Crippen molar-refractivity contribution in [3.8, 4) is 17.2 Å². The third-order valence-electron chi connectivity index (χ3n) is 5.97. The fourth-order valence-electron chi connectivity index (χ4n) is 4.17. The Morgan fingerprint density at radius 2 is 1.90 bits per heavy atom. The number of piperazine rings is 1. The van der Waals surface area contributed by atoms with Crippen molar-refractivity contribution in [1.82, 2.24) is 10.2 Å². The number of ether oxygens (including phenoxy) is 1. The number of nitrogens with zero attached hydrogens (tertiary/aromatic N) is 2. The van der Waals surface area contributed by atoms with Crippen LogP contribution in [0.25, 0.3) is 11.5 Å². The number of aromatic nitrogens is 2. The first-order valence-electron chi connectivity index (χ1n) is 10.4. The Labute approximate surface area is 182 Å². The Morgan fingerprint density at radius 1 is 1.10 bits per heavy atom. The lowest BCUT2D eigenvalue weighted by Crippen LogP contribution is -3.27. The molecule has 30 heavy (non-hydrogen) atoms. The van der Waals surface area contributed by atoms with Crippen LogP contribution in [0, 0.1) is 6.92 Å². The predicted octanol–water partition coefficient (Wildman–Crippen LogP) is 1.75. The van der Waals surface area contributed by atoms with E-state index in [-0.39, 0.29) is 6.04 Å². The molecular weight excluding hydrogens is 400 g/mol. The van der Waals surface area contributed by atoms with Gasteiger partial charge in [0.25, 0.3) is 5.89 Å². The Balaban J connectivity index is 1.37. The molecule has 0 unspecified atom stereocenters. The molecule has 1 aliphatic heterocycles. The van der Waals surface area contributed by atoms with Crippen LogP contribution in [0.4, 0.5) is 0 Å². The minimum atomic E-state index is 0.167. The highest BCUT2D eigenvalue weighted by Crippen LogP contribution is 2.22. The van der Waals surface area contributed by atoms with Crippen LogP contribution in [0.1, 0.15) is 30.0 Å². The van der Waals surface area contributed by atoms with E-state index in [9.17, 15) is 0 Å². The van der Waals surface area contributed by atoms with Gasteiger partial charge in [-0.25, -0.2) is 0 Å². The number of methoxy groups -OCH3 is 1. The molecule has 2 heterocycles. The van der Waals surface area contributed by atoms with Gasteiger partial charge in [0.1, 0.15) is 38.5 Å². The number of aryl methyl sites for hydroxylation is 1. The summed E-state index contributed by atoms with van der Waals surface area (Å²) in [7, 11) is 1.75. The second-order valence-corrected chi connectivity index (χ2v) is 8.51. The Kier molecular flexibility index (Phi) is 6.37. The van der Waals surface area contributed by atoms with E-state index in [0.717, 1.165) is 44.0 Å². The first kappa shape index (κ1) is 20.8. The lowest BCUT2D eigenvalue weighted by atomic mass is 10.1. The maximum absolute atomic E-state index is 6.08. The fraction of sp³-hybridized carbons (Fsp3) is 0.391. The van der Waals surface area contributed by atoms with E-state index in [1.54, 1.807) is 12.0 Å². The molecule has 6 nitrogen and oxygen atoms in total. The number of nitrogens with one attached hydrogen (secondary N) is 2. The Morgan fingerprint density at radius 3 is 2.63 bits per heavy atom. The first-order valence-corrected chi connectivity index (χ1v) is 10.8. The molecule has 1 atom stereocenters. The van der Waals surface area contributed by atoms with E-state index in [1.807, 2.05) is 24.3 Å². The lowest BCUT2D eigenvalue weighted by Gasteiger charge is -2.32. The molecule has 0 bridgehead atoms. The van der Waals surface area contributed by atoms with Gasteiger partial charge in [-0.15, -0.1) is 10.2 Å². The summed E-state index contributed by atoms with van der Waals surface area (Å²) in [6.45, 7) is 9.63. The first-order chi connectivity index (χ1) is 14.5. The van der Waals surface area contributed by atoms with Crippen molar-refractivity contribution in [3.63, 3.8) is 0 Å². The quantitative estimate of drug-likeness (QED) is 0.628. The van der Waals surface area contributed by atoms with E-state index in [4.69, 9.17) is 20.8 Å². The zero-order valence-electron chi connectivity index (χ0n) is 17.7. The summed E-state index contributed by atoms with van der Waals surface area (Å²) in [6, 6.07) is 14.1. The standard InChI is InChI=1S/C23H27ClN4O2/c1-16-7-8-21(29-3)19(13-16)15-27-9-11-28(12-10-27)17(2)22-25-26-23(30-22)18-5-4-6-20(24)14-18/h4-8,13-14,17H,9-12,15H2,1-3H3/p+2/t17-/m0/s1. The molecule has 0 aliphatic carbocycles. The molecule has 7 heteroatoms. The van der Waals surface area contributed by atoms with E-state index in [2.05, 4.69) is 42.2 Å². The van der Waals surface area contributed by atoms with Crippen LogP contribution in [-0.4, -0.2) is 43.5 Å². The fourth-order valence-corrected chi connectivity index (χ4v) is 4.36. The monoisotopic (exact) mass is 428 g/mol. The molecule has 0 radical (unpaired) electrons. The van der Waals surface area contributed by atoms with Gasteiger partial charge < -0.3 is 19.0 Å². The van der Waals surface area contributed by atoms with Gasteiger partial charge in [0.05, 0.1) is 7.11 Å². The van der Waals surface area contributed by atoms with E-state index in [0.29, 0.717) is 16.8 Å². The van der Waals surface area contributed by atoms with Gasteiger partial charge in [0, 0.05) is 16.1 Å². The zero-order valence-corrected chi connectivity index (χ0v) is 18.5. The molecule has 158 valence electrons. The lowest BCUT2D eigenvalue weighted by molar-refractivity contribution is -1.03. The van der Waals surface area contributed by atoms with Crippen LogP contribution in [0.15, 0.2) is 46.9 Å². The van der Waals surface area contributed by atoms with Crippen LogP contribution >= 0.6 is 11.6 Å². The number of halogens is 1. The third-order valence-corrected chi connectivity index (χ3v) is 6.21. The second kappa shape index (κ2) is 9.16. The van der Waals surface area contributed by atoms with Crippen LogP contribution in [0.2, 0.25) is 5.02 Å². The summed E-state index contributed by atoms with van der Waals surface area (Å²) in [5.74, 6) is 2.19. The van der Waals surface area contributed by atoms with Gasteiger partial charge in [-0.2, -0.15) is 0 Å². The molecule has 2 aromatic carbocycles. The number of hydrogen-bond acceptors (Lipinski definition) is 4. The van der Waals surface area contributed by atoms with Crippen LogP contribution < -0.4 is 14.5 Å². The third kappa shape index (κ3) is 4.67. The molecule has 1 saturated heterocycles. The molecule has 0 amide bonds. The Hall–Kier alpha value is -2.41. The van der Waals surface area contributed by atoms with Crippen molar-refractivity contribution in [2.24, 2.45) is 0 Å². The number of hydrogen-bond donors (Lipinski definition) is 2. The van der Waals surface area contributed by atoms with Crippen molar-refractivity contribution in [2.45, 2.75) is 26.4 Å². The summed E-state index contributed by atoms with van der Waals surface area (Å²) < 4.78 is 11.5. The highest BCUT2D eigenvalue weighted by Gasteiger charge is 2.31. The zero-order chi connectivity index (χ0) is 21.1. The smallest absolute Gasteiger partial charge is 0.274 e. The van der Waals surface area contributed by atoms with Crippen LogP contribution in [0.3, 0.4) is 0 Å². The van der Waals surface area contributed by atoms with Gasteiger partial charge in [-0.05, 0) is 44.2 Å². The number of benzene rings is 2. The van der Waals surface area contributed by atoms with Crippen molar-refractivity contribution in [1.29, 1.82) is 0 Å². The van der Waals surface area contributed by atoms with Crippen molar-refractivity contribution in [3.05, 3.63) is 64.5 Å². The van der Waals surface area contributed by atoms with Crippen molar-refractivity contribution < 1.29 is 19.0 Å². The largest absolute Gasteiger partial charge is 0.496 e. The highest BCUT2D eigenvalue weighted by atomic mass is 35.5. The molecule has 3 aromatic rings. The number of quaternary nitrogens is 2.